The number of nitrogens with two attached hydrogens (primary N) is 3. The maximum atomic E-state index is 14.4. The number of quaternary nitrogens is 3. The Morgan fingerprint density at radius 1 is 1.13 bits per heavy atom. The molecule has 1 spiro atoms. The number of H-pyrrole nitrogens is 1. The number of aromatic nitrogens is 1. The number of nitrogens with one attached hydrogen (secondary N) is 1. The third-order valence-electron chi connectivity index (χ3n) is 9.00. The number of hydrogen-bond donors (Lipinski definition) is 3. The van der Waals surface area contributed by atoms with Crippen LogP contribution >= 0.6 is 11.3 Å². The zero-order chi connectivity index (χ0) is 23.7. The standard InChI is InChI=1S/C27H39N5OS.4ClH/c1-4-18(5-2)23-13-20(19-9-7-6-8-10-19)11-12-32(23)25(33)21-14-29-16-27(21)17-30-15-22-24(27)34-26(28-3)31-22;;;;/h6-10,18,20-21,23,29-30H,4-5,11-17H2,1-3H3,(H,28,31);4*1H/t20-,21+,23+,27+;;;;/m1..../s1. The van der Waals surface area contributed by atoms with E-state index in [-0.39, 0.29) is 61.0 Å². The molecular weight excluding hydrogens is 584 g/mol. The molecule has 4 heterocycles. The largest absolute Gasteiger partial charge is 1.00 e. The van der Waals surface area contributed by atoms with Crippen LogP contribution in [-0.2, 0) is 16.8 Å². The van der Waals surface area contributed by atoms with E-state index in [1.54, 1.807) is 0 Å². The van der Waals surface area contributed by atoms with Crippen molar-refractivity contribution in [3.8, 4) is 0 Å². The average molecular weight is 628 g/mol. The zero-order valence-electron chi connectivity index (χ0n) is 22.6. The SMILES string of the molecule is CCC(CC)[C@@H]1C[C@H](c2ccccc2)CCN1C(=O)[C@@H]1C[NH2+]C[C@]12C[NH2+]Cc1[nH+]c([NH2+]C)sc12.[Cl-].[Cl-].[Cl-].[Cl-]. The minimum absolute atomic E-state index is 0. The van der Waals surface area contributed by atoms with Crippen LogP contribution in [0.1, 0.15) is 61.6 Å². The Balaban J connectivity index is 0.00000180. The number of hydrogen-bond acceptors (Lipinski definition) is 2. The van der Waals surface area contributed by atoms with Gasteiger partial charge in [-0.15, -0.1) is 4.98 Å². The number of benzene rings is 1. The predicted octanol–water partition coefficient (Wildman–Crippen LogP) is -11.9. The Hall–Kier alpha value is -0.640. The second-order valence-electron chi connectivity index (χ2n) is 10.6. The highest BCUT2D eigenvalue weighted by Gasteiger charge is 2.60. The summed E-state index contributed by atoms with van der Waals surface area (Å²) in [5.41, 5.74) is 2.75. The van der Waals surface area contributed by atoms with Crippen LogP contribution in [0.3, 0.4) is 0 Å². The number of fused-ring (bicyclic) bond motifs is 2. The molecule has 11 heteroatoms. The van der Waals surface area contributed by atoms with E-state index in [0.29, 0.717) is 23.8 Å². The molecule has 1 aromatic heterocycles. The van der Waals surface area contributed by atoms with Crippen molar-refractivity contribution in [3.05, 3.63) is 46.5 Å². The van der Waals surface area contributed by atoms with Crippen LogP contribution < -0.4 is 70.6 Å². The predicted molar refractivity (Wildman–Crippen MR) is 134 cm³/mol. The van der Waals surface area contributed by atoms with Gasteiger partial charge in [0.25, 0.3) is 5.69 Å². The summed E-state index contributed by atoms with van der Waals surface area (Å²) in [7, 11) is 2.10. The number of likely N-dealkylation sites (tertiary alicyclic amines) is 1. The van der Waals surface area contributed by atoms with E-state index in [4.69, 9.17) is 0 Å². The van der Waals surface area contributed by atoms with E-state index in [1.165, 1.54) is 21.3 Å². The molecule has 1 amide bonds. The topological polar surface area (TPSA) is 84.3 Å². The first-order valence-corrected chi connectivity index (χ1v) is 14.3. The maximum absolute atomic E-state index is 14.4. The van der Waals surface area contributed by atoms with Gasteiger partial charge >= 0.3 is 5.13 Å². The summed E-state index contributed by atoms with van der Waals surface area (Å²) in [4.78, 5) is 21.9. The summed E-state index contributed by atoms with van der Waals surface area (Å²) in [5, 5.41) is 8.23. The van der Waals surface area contributed by atoms with Crippen molar-refractivity contribution in [2.45, 2.75) is 63.5 Å². The van der Waals surface area contributed by atoms with Crippen molar-refractivity contribution < 1.29 is 75.4 Å². The van der Waals surface area contributed by atoms with Gasteiger partial charge in [-0.2, -0.15) is 0 Å². The smallest absolute Gasteiger partial charge is 0.425 e. The monoisotopic (exact) mass is 625 g/mol. The fourth-order valence-corrected chi connectivity index (χ4v) is 8.40. The van der Waals surface area contributed by atoms with Gasteiger partial charge in [-0.05, 0) is 41.6 Å². The number of carbonyl (C=O) groups is 1. The molecule has 38 heavy (non-hydrogen) atoms. The van der Waals surface area contributed by atoms with Gasteiger partial charge in [-0.25, -0.2) is 0 Å². The van der Waals surface area contributed by atoms with Crippen LogP contribution in [0, 0.1) is 11.8 Å². The molecule has 3 aliphatic rings. The minimum atomic E-state index is -0.0398. The van der Waals surface area contributed by atoms with Crippen molar-refractivity contribution >= 4 is 22.4 Å². The second-order valence-corrected chi connectivity index (χ2v) is 11.7. The van der Waals surface area contributed by atoms with Gasteiger partial charge < -0.3 is 65.2 Å². The van der Waals surface area contributed by atoms with E-state index in [1.807, 2.05) is 11.3 Å². The van der Waals surface area contributed by atoms with Crippen molar-refractivity contribution in [2.75, 3.05) is 33.2 Å². The molecule has 0 aliphatic carbocycles. The van der Waals surface area contributed by atoms with Crippen LogP contribution in [0.2, 0.25) is 0 Å². The molecule has 5 rings (SSSR count). The number of carbonyl (C=O) groups excluding carboxylic acids is 1. The first-order valence-electron chi connectivity index (χ1n) is 13.4. The number of piperidine rings is 1. The van der Waals surface area contributed by atoms with Crippen LogP contribution in [0.4, 0.5) is 5.13 Å². The molecule has 2 aromatic rings. The summed E-state index contributed by atoms with van der Waals surface area (Å²) in [6.45, 7) is 9.49. The van der Waals surface area contributed by atoms with Crippen molar-refractivity contribution in [2.24, 2.45) is 11.8 Å². The van der Waals surface area contributed by atoms with Gasteiger partial charge in [0, 0.05) is 12.6 Å². The lowest BCUT2D eigenvalue weighted by Crippen LogP contribution is -3.00. The molecule has 216 valence electrons. The average Bonchev–Trinajstić information content (AvgIpc) is 3.50. The molecule has 3 aliphatic heterocycles. The summed E-state index contributed by atoms with van der Waals surface area (Å²) < 4.78 is 0. The van der Waals surface area contributed by atoms with Crippen molar-refractivity contribution in [3.63, 3.8) is 0 Å². The van der Waals surface area contributed by atoms with E-state index in [9.17, 15) is 4.79 Å². The summed E-state index contributed by atoms with van der Waals surface area (Å²) in [6, 6.07) is 11.3. The summed E-state index contributed by atoms with van der Waals surface area (Å²) >= 11 is 1.89. The van der Waals surface area contributed by atoms with Crippen LogP contribution in [0.25, 0.3) is 0 Å². The van der Waals surface area contributed by atoms with E-state index in [2.05, 4.69) is 77.1 Å². The molecule has 0 unspecified atom stereocenters. The van der Waals surface area contributed by atoms with Gasteiger partial charge in [0.1, 0.15) is 16.2 Å². The van der Waals surface area contributed by atoms with E-state index >= 15 is 0 Å². The van der Waals surface area contributed by atoms with Gasteiger partial charge in [0.05, 0.1) is 26.7 Å². The second kappa shape index (κ2) is 15.4. The molecule has 1 aromatic carbocycles. The lowest BCUT2D eigenvalue weighted by atomic mass is 9.72. The van der Waals surface area contributed by atoms with Crippen LogP contribution in [0.15, 0.2) is 30.3 Å². The fraction of sp³-hybridized carbons (Fsp3) is 0.630. The van der Waals surface area contributed by atoms with Crippen LogP contribution in [0.5, 0.6) is 0 Å². The Morgan fingerprint density at radius 2 is 1.82 bits per heavy atom. The minimum Gasteiger partial charge on any atom is -1.00 e. The molecule has 4 atom stereocenters. The van der Waals surface area contributed by atoms with Gasteiger partial charge in [0.15, 0.2) is 6.54 Å². The first kappa shape index (κ1) is 35.4. The fourth-order valence-electron chi connectivity index (χ4n) is 7.11. The highest BCUT2D eigenvalue weighted by Crippen LogP contribution is 2.42. The number of aromatic amines is 1. The third kappa shape index (κ3) is 6.46. The molecule has 6 nitrogen and oxygen atoms in total. The maximum Gasteiger partial charge on any atom is 0.425 e. The number of nitrogens with zero attached hydrogens (tertiary/aromatic N) is 1. The molecule has 2 fully saturated rings. The highest BCUT2D eigenvalue weighted by molar-refractivity contribution is 7.14. The van der Waals surface area contributed by atoms with Gasteiger partial charge in [-0.3, -0.25) is 10.1 Å². The first-order chi connectivity index (χ1) is 16.6. The molecule has 0 saturated carbocycles. The van der Waals surface area contributed by atoms with Crippen molar-refractivity contribution in [1.29, 1.82) is 0 Å². The Morgan fingerprint density at radius 3 is 2.47 bits per heavy atom. The molecule has 0 bridgehead atoms. The zero-order valence-corrected chi connectivity index (χ0v) is 26.4. The lowest BCUT2D eigenvalue weighted by Gasteiger charge is -2.45. The summed E-state index contributed by atoms with van der Waals surface area (Å²) in [6.07, 6.45) is 4.46. The Labute approximate surface area is 256 Å². The van der Waals surface area contributed by atoms with Gasteiger partial charge in [0.2, 0.25) is 5.91 Å². The third-order valence-corrected chi connectivity index (χ3v) is 10.4. The molecule has 7 N–H and O–H groups in total. The lowest BCUT2D eigenvalue weighted by molar-refractivity contribution is -0.705. The van der Waals surface area contributed by atoms with Gasteiger partial charge in [-0.1, -0.05) is 57.0 Å². The highest BCUT2D eigenvalue weighted by atomic mass is 35.5. The van der Waals surface area contributed by atoms with Crippen molar-refractivity contribution in [1.82, 2.24) is 4.90 Å². The molecule has 2 saturated heterocycles. The van der Waals surface area contributed by atoms with E-state index in [0.717, 1.165) is 58.4 Å². The van der Waals surface area contributed by atoms with Crippen LogP contribution in [-0.4, -0.2) is 50.1 Å². The number of rotatable bonds is 6. The number of thiazole rings is 1. The number of amides is 1. The normalized spacial score (nSPS) is 26.0. The van der Waals surface area contributed by atoms with E-state index < -0.39 is 0 Å². The molecule has 0 radical (unpaired) electrons. The quantitative estimate of drug-likeness (QED) is 0.292. The number of halogens is 4. The Bertz CT molecular complexity index is 1010. The Kier molecular flexibility index (Phi) is 14.3. The molecular formula is C27H43Cl4N5OS. The summed E-state index contributed by atoms with van der Waals surface area (Å²) in [5.74, 6) is 1.63.